The van der Waals surface area contributed by atoms with Gasteiger partial charge in [0.1, 0.15) is 11.8 Å². The third-order valence-corrected chi connectivity index (χ3v) is 7.65. The quantitative estimate of drug-likeness (QED) is 0.677. The smallest absolute Gasteiger partial charge is 0.254 e. The number of halogens is 1. The lowest BCUT2D eigenvalue weighted by molar-refractivity contribution is -0.136. The van der Waals surface area contributed by atoms with Crippen LogP contribution in [0.3, 0.4) is 0 Å². The van der Waals surface area contributed by atoms with E-state index in [9.17, 15) is 9.59 Å². The predicted octanol–water partition coefficient (Wildman–Crippen LogP) is 4.71. The van der Waals surface area contributed by atoms with Crippen LogP contribution >= 0.6 is 11.6 Å². The molecule has 3 atom stereocenters. The number of fused-ring (bicyclic) bond motifs is 2. The summed E-state index contributed by atoms with van der Waals surface area (Å²) in [5, 5.41) is 0.541. The molecule has 1 saturated heterocycles. The molecule has 6 heteroatoms. The zero-order valence-corrected chi connectivity index (χ0v) is 19.2. The van der Waals surface area contributed by atoms with Crippen LogP contribution in [0.5, 0.6) is 5.75 Å². The van der Waals surface area contributed by atoms with Crippen molar-refractivity contribution in [2.24, 2.45) is 5.92 Å². The molecule has 1 aliphatic carbocycles. The Bertz CT molecular complexity index is 1040. The molecule has 2 aromatic carbocycles. The van der Waals surface area contributed by atoms with E-state index in [-0.39, 0.29) is 17.9 Å². The van der Waals surface area contributed by atoms with Crippen molar-refractivity contribution in [2.75, 3.05) is 13.7 Å². The minimum Gasteiger partial charge on any atom is -0.497 e. The fourth-order valence-corrected chi connectivity index (χ4v) is 5.99. The van der Waals surface area contributed by atoms with Gasteiger partial charge in [0.2, 0.25) is 5.91 Å². The lowest BCUT2D eigenvalue weighted by atomic mass is 9.84. The summed E-state index contributed by atoms with van der Waals surface area (Å²) in [5.41, 5.74) is 2.96. The van der Waals surface area contributed by atoms with Gasteiger partial charge >= 0.3 is 0 Å². The van der Waals surface area contributed by atoms with Crippen molar-refractivity contribution in [2.45, 2.75) is 57.2 Å². The first-order valence-electron chi connectivity index (χ1n) is 11.6. The van der Waals surface area contributed by atoms with Crippen molar-refractivity contribution in [3.63, 3.8) is 0 Å². The van der Waals surface area contributed by atoms with Crippen molar-refractivity contribution >= 4 is 23.4 Å². The maximum atomic E-state index is 13.8. The van der Waals surface area contributed by atoms with Gasteiger partial charge in [0.25, 0.3) is 5.91 Å². The van der Waals surface area contributed by atoms with Gasteiger partial charge in [-0.25, -0.2) is 0 Å². The normalized spacial score (nSPS) is 24.6. The van der Waals surface area contributed by atoms with Gasteiger partial charge in [-0.1, -0.05) is 36.6 Å². The van der Waals surface area contributed by atoms with Crippen LogP contribution in [-0.4, -0.2) is 47.4 Å². The Labute approximate surface area is 194 Å². The van der Waals surface area contributed by atoms with Crippen molar-refractivity contribution in [1.82, 2.24) is 9.80 Å². The molecule has 1 saturated carbocycles. The van der Waals surface area contributed by atoms with E-state index >= 15 is 0 Å². The lowest BCUT2D eigenvalue weighted by Gasteiger charge is -2.36. The molecule has 5 rings (SSSR count). The maximum absolute atomic E-state index is 13.8. The van der Waals surface area contributed by atoms with E-state index in [1.807, 2.05) is 21.9 Å². The van der Waals surface area contributed by atoms with Crippen LogP contribution in [0.4, 0.5) is 0 Å². The Morgan fingerprint density at radius 2 is 1.91 bits per heavy atom. The molecule has 2 aliphatic heterocycles. The predicted molar refractivity (Wildman–Crippen MR) is 124 cm³/mol. The van der Waals surface area contributed by atoms with E-state index in [1.165, 1.54) is 12.0 Å². The largest absolute Gasteiger partial charge is 0.497 e. The van der Waals surface area contributed by atoms with E-state index in [0.29, 0.717) is 29.6 Å². The van der Waals surface area contributed by atoms with Crippen LogP contribution < -0.4 is 4.74 Å². The van der Waals surface area contributed by atoms with Crippen LogP contribution in [0, 0.1) is 5.92 Å². The summed E-state index contributed by atoms with van der Waals surface area (Å²) in [6.07, 6.45) is 5.94. The Kier molecular flexibility index (Phi) is 5.85. The van der Waals surface area contributed by atoms with Crippen LogP contribution in [0.1, 0.15) is 53.6 Å². The zero-order chi connectivity index (χ0) is 22.2. The average Bonchev–Trinajstić information content (AvgIpc) is 3.22. The second-order valence-electron chi connectivity index (χ2n) is 9.23. The number of carbonyl (C=O) groups is 2. The van der Waals surface area contributed by atoms with E-state index in [0.717, 1.165) is 43.4 Å². The van der Waals surface area contributed by atoms with Crippen molar-refractivity contribution in [1.29, 1.82) is 0 Å². The van der Waals surface area contributed by atoms with Gasteiger partial charge in [-0.05, 0) is 73.1 Å². The fraction of sp³-hybridized carbons (Fsp3) is 0.462. The summed E-state index contributed by atoms with van der Waals surface area (Å²) < 4.78 is 5.38. The topological polar surface area (TPSA) is 49.9 Å². The van der Waals surface area contributed by atoms with Gasteiger partial charge in [0, 0.05) is 29.7 Å². The molecule has 5 nitrogen and oxygen atoms in total. The van der Waals surface area contributed by atoms with Crippen LogP contribution in [0.15, 0.2) is 42.5 Å². The molecular weight excluding hydrogens is 424 g/mol. The minimum absolute atomic E-state index is 0.0701. The SMILES string of the molecule is COc1ccc2c(c1)CN(C(=O)[C@@H]1C[C@H]3CCCC[C@H]3N1C(=O)c1cccc(Cl)c1)CC2. The Morgan fingerprint density at radius 3 is 2.72 bits per heavy atom. The summed E-state index contributed by atoms with van der Waals surface area (Å²) in [4.78, 5) is 31.2. The maximum Gasteiger partial charge on any atom is 0.254 e. The summed E-state index contributed by atoms with van der Waals surface area (Å²) in [6.45, 7) is 1.25. The number of rotatable bonds is 3. The molecule has 0 bridgehead atoms. The van der Waals surface area contributed by atoms with Crippen molar-refractivity contribution in [3.05, 3.63) is 64.2 Å². The number of amides is 2. The van der Waals surface area contributed by atoms with E-state index in [1.54, 1.807) is 31.4 Å². The molecule has 3 aliphatic rings. The highest BCUT2D eigenvalue weighted by Gasteiger charge is 2.48. The van der Waals surface area contributed by atoms with Gasteiger partial charge in [0.05, 0.1) is 7.11 Å². The monoisotopic (exact) mass is 452 g/mol. The molecule has 0 N–H and O–H groups in total. The van der Waals surface area contributed by atoms with Crippen LogP contribution in [-0.2, 0) is 17.8 Å². The highest BCUT2D eigenvalue weighted by atomic mass is 35.5. The number of carbonyl (C=O) groups excluding carboxylic acids is 2. The molecule has 0 unspecified atom stereocenters. The Balaban J connectivity index is 1.42. The van der Waals surface area contributed by atoms with E-state index in [4.69, 9.17) is 16.3 Å². The number of hydrogen-bond donors (Lipinski definition) is 0. The highest BCUT2D eigenvalue weighted by Crippen LogP contribution is 2.41. The first-order chi connectivity index (χ1) is 15.5. The average molecular weight is 453 g/mol. The standard InChI is InChI=1S/C26H29ClN2O3/c1-32-22-10-9-17-11-12-28(16-20(17)14-22)26(31)24-15-18-5-2-3-8-23(18)29(24)25(30)19-6-4-7-21(27)13-19/h4,6-7,9-10,13-14,18,23-24H,2-3,5,8,11-12,15-16H2,1H3/t18-,23-,24+/m1/s1. The third-order valence-electron chi connectivity index (χ3n) is 7.42. The Morgan fingerprint density at radius 1 is 1.06 bits per heavy atom. The number of hydrogen-bond acceptors (Lipinski definition) is 3. The molecule has 2 heterocycles. The van der Waals surface area contributed by atoms with E-state index < -0.39 is 6.04 Å². The van der Waals surface area contributed by atoms with Crippen LogP contribution in [0.2, 0.25) is 5.02 Å². The second-order valence-corrected chi connectivity index (χ2v) is 9.67. The van der Waals surface area contributed by atoms with Crippen molar-refractivity contribution in [3.8, 4) is 5.75 Å². The molecule has 32 heavy (non-hydrogen) atoms. The molecule has 0 spiro atoms. The van der Waals surface area contributed by atoms with Gasteiger partial charge < -0.3 is 14.5 Å². The molecule has 168 valence electrons. The molecule has 0 radical (unpaired) electrons. The first kappa shape index (κ1) is 21.3. The lowest BCUT2D eigenvalue weighted by Crippen LogP contribution is -2.51. The number of methoxy groups -OCH3 is 1. The summed E-state index contributed by atoms with van der Waals surface area (Å²) >= 11 is 6.17. The summed E-state index contributed by atoms with van der Waals surface area (Å²) in [5.74, 6) is 1.21. The summed E-state index contributed by atoms with van der Waals surface area (Å²) in [6, 6.07) is 12.9. The van der Waals surface area contributed by atoms with Gasteiger partial charge in [-0.2, -0.15) is 0 Å². The minimum atomic E-state index is -0.401. The number of likely N-dealkylation sites (tertiary alicyclic amines) is 1. The second kappa shape index (κ2) is 8.78. The molecule has 2 fully saturated rings. The number of ether oxygens (including phenoxy) is 1. The molecule has 2 aromatic rings. The van der Waals surface area contributed by atoms with E-state index in [2.05, 4.69) is 6.07 Å². The zero-order valence-electron chi connectivity index (χ0n) is 18.4. The van der Waals surface area contributed by atoms with Gasteiger partial charge in [-0.3, -0.25) is 9.59 Å². The highest BCUT2D eigenvalue weighted by molar-refractivity contribution is 6.31. The van der Waals surface area contributed by atoms with Gasteiger partial charge in [-0.15, -0.1) is 0 Å². The summed E-state index contributed by atoms with van der Waals surface area (Å²) in [7, 11) is 1.66. The Hall–Kier alpha value is -2.53. The van der Waals surface area contributed by atoms with Gasteiger partial charge in [0.15, 0.2) is 0 Å². The number of nitrogens with zero attached hydrogens (tertiary/aromatic N) is 2. The third kappa shape index (κ3) is 3.88. The number of benzene rings is 2. The molecule has 0 aromatic heterocycles. The van der Waals surface area contributed by atoms with Crippen LogP contribution in [0.25, 0.3) is 0 Å². The first-order valence-corrected chi connectivity index (χ1v) is 12.0. The molecular formula is C26H29ClN2O3. The van der Waals surface area contributed by atoms with Crippen molar-refractivity contribution < 1.29 is 14.3 Å². The fourth-order valence-electron chi connectivity index (χ4n) is 5.80. The molecule has 2 amide bonds.